The Balaban J connectivity index is 1.14. The summed E-state index contributed by atoms with van der Waals surface area (Å²) in [7, 11) is 2.26. The van der Waals surface area contributed by atoms with Crippen molar-refractivity contribution in [3.8, 4) is 0 Å². The zero-order valence-electron chi connectivity index (χ0n) is 17.4. The van der Waals surface area contributed by atoms with Crippen molar-refractivity contribution in [2.24, 2.45) is 11.8 Å². The highest BCUT2D eigenvalue weighted by molar-refractivity contribution is 14.1. The fourth-order valence-corrected chi connectivity index (χ4v) is 5.35. The van der Waals surface area contributed by atoms with Gasteiger partial charge in [0.05, 0.1) is 0 Å². The largest absolute Gasteiger partial charge is 0.357 e. The number of aromatic nitrogens is 1. The maximum absolute atomic E-state index is 4.60. The van der Waals surface area contributed by atoms with Crippen molar-refractivity contribution < 1.29 is 0 Å². The predicted octanol–water partition coefficient (Wildman–Crippen LogP) is 2.86. The van der Waals surface area contributed by atoms with E-state index in [2.05, 4.69) is 66.4 Å². The molecular weight excluding hydrogens is 461 g/mol. The van der Waals surface area contributed by atoms with Crippen LogP contribution in [0.1, 0.15) is 25.7 Å². The van der Waals surface area contributed by atoms with Crippen LogP contribution >= 0.6 is 22.6 Å². The fourth-order valence-electron chi connectivity index (χ4n) is 5.03. The Morgan fingerprint density at radius 1 is 0.821 bits per heavy atom. The summed E-state index contributed by atoms with van der Waals surface area (Å²) in [6.07, 6.45) is 7.38. The molecule has 3 fully saturated rings. The number of nitrogens with zero attached hydrogens (tertiary/aromatic N) is 5. The second kappa shape index (κ2) is 10.0. The molecule has 0 bridgehead atoms. The van der Waals surface area contributed by atoms with E-state index in [1.807, 2.05) is 6.20 Å². The zero-order chi connectivity index (χ0) is 19.3. The fraction of sp³-hybridized carbons (Fsp3) is 0.773. The summed E-state index contributed by atoms with van der Waals surface area (Å²) in [5, 5.41) is 0. The van der Waals surface area contributed by atoms with Crippen LogP contribution in [0, 0.1) is 15.4 Å². The second-order valence-corrected chi connectivity index (χ2v) is 10.4. The number of hydrogen-bond donors (Lipinski definition) is 0. The summed E-state index contributed by atoms with van der Waals surface area (Å²) in [5.41, 5.74) is 0. The molecule has 0 amide bonds. The summed E-state index contributed by atoms with van der Waals surface area (Å²) >= 11 is 2.33. The maximum Gasteiger partial charge on any atom is 0.128 e. The van der Waals surface area contributed by atoms with Crippen LogP contribution in [0.15, 0.2) is 18.3 Å². The summed E-state index contributed by atoms with van der Waals surface area (Å²) in [4.78, 5) is 15.0. The number of likely N-dealkylation sites (tertiary alicyclic amines) is 1. The van der Waals surface area contributed by atoms with E-state index >= 15 is 0 Å². The third-order valence-corrected chi connectivity index (χ3v) is 7.62. The van der Waals surface area contributed by atoms with Crippen molar-refractivity contribution in [1.82, 2.24) is 19.7 Å². The van der Waals surface area contributed by atoms with Crippen LogP contribution in [0.25, 0.3) is 0 Å². The number of anilines is 1. The highest BCUT2D eigenvalue weighted by Gasteiger charge is 2.26. The Hall–Kier alpha value is -0.440. The van der Waals surface area contributed by atoms with Crippen molar-refractivity contribution in [1.29, 1.82) is 0 Å². The number of halogens is 1. The predicted molar refractivity (Wildman–Crippen MR) is 125 cm³/mol. The van der Waals surface area contributed by atoms with E-state index in [9.17, 15) is 0 Å². The zero-order valence-corrected chi connectivity index (χ0v) is 19.6. The summed E-state index contributed by atoms with van der Waals surface area (Å²) in [6, 6.07) is 4.34. The molecule has 4 heterocycles. The molecule has 0 aromatic carbocycles. The van der Waals surface area contributed by atoms with Crippen molar-refractivity contribution in [3.63, 3.8) is 0 Å². The van der Waals surface area contributed by atoms with Gasteiger partial charge in [-0.15, -0.1) is 0 Å². The monoisotopic (exact) mass is 497 g/mol. The molecule has 0 saturated carbocycles. The Morgan fingerprint density at radius 3 is 1.86 bits per heavy atom. The van der Waals surface area contributed by atoms with Crippen LogP contribution in [0.2, 0.25) is 0 Å². The average Bonchev–Trinajstić information content (AvgIpc) is 2.72. The van der Waals surface area contributed by atoms with Crippen LogP contribution in [0.4, 0.5) is 5.82 Å². The highest BCUT2D eigenvalue weighted by atomic mass is 127. The Kier molecular flexibility index (Phi) is 7.47. The van der Waals surface area contributed by atoms with Crippen LogP contribution < -0.4 is 4.90 Å². The van der Waals surface area contributed by atoms with Crippen LogP contribution in [-0.4, -0.2) is 92.2 Å². The lowest BCUT2D eigenvalue weighted by Gasteiger charge is -2.40. The van der Waals surface area contributed by atoms with Gasteiger partial charge in [-0.3, -0.25) is 0 Å². The van der Waals surface area contributed by atoms with Gasteiger partial charge >= 0.3 is 0 Å². The lowest BCUT2D eigenvalue weighted by atomic mass is 9.95. The standard InChI is InChI=1S/C22H36IN5/c1-25-8-4-19(5-9-25)17-26-12-14-27(15-13-26)18-20-6-10-28(11-7-20)22-3-2-21(23)16-24-22/h2-3,16,19-20H,4-15,17-18H2,1H3. The van der Waals surface area contributed by atoms with Gasteiger partial charge in [-0.05, 0) is 92.4 Å². The SMILES string of the molecule is CN1CCC(CN2CCN(CC3CCN(c4ccc(I)cn4)CC3)CC2)CC1. The van der Waals surface area contributed by atoms with Gasteiger partial charge < -0.3 is 19.6 Å². The van der Waals surface area contributed by atoms with E-state index in [0.29, 0.717) is 0 Å². The van der Waals surface area contributed by atoms with Crippen LogP contribution in [-0.2, 0) is 0 Å². The molecule has 3 aliphatic rings. The molecule has 1 aromatic rings. The average molecular weight is 497 g/mol. The van der Waals surface area contributed by atoms with Gasteiger partial charge in [0.25, 0.3) is 0 Å². The van der Waals surface area contributed by atoms with Crippen molar-refractivity contribution in [3.05, 3.63) is 21.9 Å². The molecule has 3 aliphatic heterocycles. The van der Waals surface area contributed by atoms with Crippen molar-refractivity contribution in [2.75, 3.05) is 77.4 Å². The highest BCUT2D eigenvalue weighted by Crippen LogP contribution is 2.24. The van der Waals surface area contributed by atoms with Crippen molar-refractivity contribution in [2.45, 2.75) is 25.7 Å². The Morgan fingerprint density at radius 2 is 1.36 bits per heavy atom. The molecule has 28 heavy (non-hydrogen) atoms. The van der Waals surface area contributed by atoms with Crippen LogP contribution in [0.5, 0.6) is 0 Å². The minimum atomic E-state index is 0.862. The molecule has 156 valence electrons. The smallest absolute Gasteiger partial charge is 0.128 e. The molecule has 0 radical (unpaired) electrons. The summed E-state index contributed by atoms with van der Waals surface area (Å²) in [5.74, 6) is 2.95. The van der Waals surface area contributed by atoms with Gasteiger partial charge in [0.15, 0.2) is 0 Å². The quantitative estimate of drug-likeness (QED) is 0.584. The Bertz CT molecular complexity index is 585. The second-order valence-electron chi connectivity index (χ2n) is 9.11. The molecule has 4 rings (SSSR count). The maximum atomic E-state index is 4.60. The van der Waals surface area contributed by atoms with Crippen molar-refractivity contribution >= 4 is 28.4 Å². The summed E-state index contributed by atoms with van der Waals surface area (Å²) in [6.45, 7) is 12.6. The molecule has 0 N–H and O–H groups in total. The molecule has 1 aromatic heterocycles. The molecule has 6 heteroatoms. The first-order valence-electron chi connectivity index (χ1n) is 11.2. The van der Waals surface area contributed by atoms with Gasteiger partial charge in [-0.2, -0.15) is 0 Å². The van der Waals surface area contributed by atoms with Crippen LogP contribution in [0.3, 0.4) is 0 Å². The molecule has 0 aliphatic carbocycles. The Labute approximate surface area is 184 Å². The van der Waals surface area contributed by atoms with E-state index in [1.165, 1.54) is 81.6 Å². The van der Waals surface area contributed by atoms with E-state index < -0.39 is 0 Å². The lowest BCUT2D eigenvalue weighted by Crippen LogP contribution is -2.50. The van der Waals surface area contributed by atoms with Gasteiger partial charge in [0, 0.05) is 62.1 Å². The van der Waals surface area contributed by atoms with E-state index in [1.54, 1.807) is 0 Å². The van der Waals surface area contributed by atoms with E-state index in [4.69, 9.17) is 0 Å². The minimum Gasteiger partial charge on any atom is -0.357 e. The molecule has 0 atom stereocenters. The number of hydrogen-bond acceptors (Lipinski definition) is 5. The lowest BCUT2D eigenvalue weighted by molar-refractivity contribution is 0.0880. The topological polar surface area (TPSA) is 25.9 Å². The summed E-state index contributed by atoms with van der Waals surface area (Å²) < 4.78 is 1.21. The molecule has 0 unspecified atom stereocenters. The third-order valence-electron chi connectivity index (χ3n) is 6.99. The molecular formula is C22H36IN5. The van der Waals surface area contributed by atoms with Gasteiger partial charge in [0.1, 0.15) is 5.82 Å². The minimum absolute atomic E-state index is 0.862. The number of piperazine rings is 1. The van der Waals surface area contributed by atoms with Gasteiger partial charge in [-0.25, -0.2) is 4.98 Å². The van der Waals surface area contributed by atoms with Gasteiger partial charge in [-0.1, -0.05) is 0 Å². The first kappa shape index (κ1) is 20.8. The molecule has 0 spiro atoms. The number of pyridine rings is 1. The normalized spacial score (nSPS) is 24.7. The number of piperidine rings is 2. The molecule has 3 saturated heterocycles. The third kappa shape index (κ3) is 5.80. The molecule has 5 nitrogen and oxygen atoms in total. The number of rotatable bonds is 5. The first-order valence-corrected chi connectivity index (χ1v) is 12.2. The van der Waals surface area contributed by atoms with E-state index in [-0.39, 0.29) is 0 Å². The van der Waals surface area contributed by atoms with E-state index in [0.717, 1.165) is 30.7 Å². The first-order chi connectivity index (χ1) is 13.7. The van der Waals surface area contributed by atoms with Gasteiger partial charge in [0.2, 0.25) is 0 Å².